The third kappa shape index (κ3) is 2.53. The van der Waals surface area contributed by atoms with Gasteiger partial charge < -0.3 is 0 Å². The molecule has 0 saturated carbocycles. The summed E-state index contributed by atoms with van der Waals surface area (Å²) in [7, 11) is 0. The maximum atomic E-state index is 12.9. The van der Waals surface area contributed by atoms with Crippen LogP contribution >= 0.6 is 0 Å². The van der Waals surface area contributed by atoms with Crippen molar-refractivity contribution in [1.82, 2.24) is 0 Å². The second kappa shape index (κ2) is 4.88. The van der Waals surface area contributed by atoms with Gasteiger partial charge >= 0.3 is 0 Å². The molecule has 0 aliphatic heterocycles. The van der Waals surface area contributed by atoms with Crippen LogP contribution in [0.3, 0.4) is 0 Å². The van der Waals surface area contributed by atoms with E-state index in [0.29, 0.717) is 0 Å². The van der Waals surface area contributed by atoms with Crippen LogP contribution in [0.5, 0.6) is 0 Å². The molecule has 0 N–H and O–H groups in total. The molecule has 0 fully saturated rings. The molecule has 2 heteroatoms. The Balaban J connectivity index is 0.00000112. The Morgan fingerprint density at radius 3 is 2.47 bits per heavy atom. The summed E-state index contributed by atoms with van der Waals surface area (Å²) in [6.45, 7) is 3.44. The standard InChI is InChI=1S/C13H8F.Co/c1-2-3-10-4-5-11-6-7-13(14)9-12(11)8-10;/h4-9H,1H2;/q-1;. The summed E-state index contributed by atoms with van der Waals surface area (Å²) in [5, 5.41) is 1.88. The van der Waals surface area contributed by atoms with Crippen LogP contribution in [0.25, 0.3) is 10.8 Å². The number of rotatable bonds is 0. The van der Waals surface area contributed by atoms with Crippen molar-refractivity contribution in [3.8, 4) is 11.8 Å². The molecule has 0 amide bonds. The van der Waals surface area contributed by atoms with Crippen LogP contribution in [-0.4, -0.2) is 0 Å². The number of hydrogen-bond donors (Lipinski definition) is 0. The van der Waals surface area contributed by atoms with Crippen LogP contribution in [0.1, 0.15) is 5.56 Å². The van der Waals surface area contributed by atoms with E-state index < -0.39 is 0 Å². The van der Waals surface area contributed by atoms with Gasteiger partial charge in [-0.1, -0.05) is 29.8 Å². The average molecular weight is 242 g/mol. The van der Waals surface area contributed by atoms with Crippen molar-refractivity contribution in [2.75, 3.05) is 0 Å². The minimum Gasteiger partial charge on any atom is -0.296 e. The maximum Gasteiger partial charge on any atom is 0.123 e. The summed E-state index contributed by atoms with van der Waals surface area (Å²) in [5.41, 5.74) is 0.859. The fourth-order valence-electron chi connectivity index (χ4n) is 1.40. The quantitative estimate of drug-likeness (QED) is 0.491. The SMILES string of the molecule is [CH2-]C#Cc1ccc2ccc(F)cc2c1.[Co]. The molecule has 0 aliphatic carbocycles. The molecule has 2 aromatic carbocycles. The van der Waals surface area contributed by atoms with Gasteiger partial charge in [-0.2, -0.15) is 6.92 Å². The van der Waals surface area contributed by atoms with E-state index >= 15 is 0 Å². The zero-order valence-corrected chi connectivity index (χ0v) is 8.92. The van der Waals surface area contributed by atoms with Crippen LogP contribution < -0.4 is 0 Å². The van der Waals surface area contributed by atoms with Crippen LogP contribution in [0.4, 0.5) is 4.39 Å². The van der Waals surface area contributed by atoms with E-state index in [1.54, 1.807) is 6.07 Å². The Labute approximate surface area is 98.7 Å². The van der Waals surface area contributed by atoms with E-state index in [4.69, 9.17) is 0 Å². The van der Waals surface area contributed by atoms with Gasteiger partial charge in [0.1, 0.15) is 5.82 Å². The van der Waals surface area contributed by atoms with E-state index in [-0.39, 0.29) is 22.6 Å². The Hall–Kier alpha value is -1.43. The predicted octanol–water partition coefficient (Wildman–Crippen LogP) is 3.16. The zero-order chi connectivity index (χ0) is 9.97. The van der Waals surface area contributed by atoms with Gasteiger partial charge in [0.05, 0.1) is 0 Å². The summed E-state index contributed by atoms with van der Waals surface area (Å²) >= 11 is 0. The second-order valence-electron chi connectivity index (χ2n) is 3.01. The van der Waals surface area contributed by atoms with Crippen LogP contribution in [0.15, 0.2) is 36.4 Å². The van der Waals surface area contributed by atoms with Gasteiger partial charge in [0.25, 0.3) is 0 Å². The van der Waals surface area contributed by atoms with E-state index in [0.717, 1.165) is 16.3 Å². The third-order valence-electron chi connectivity index (χ3n) is 2.04. The van der Waals surface area contributed by atoms with Crippen molar-refractivity contribution < 1.29 is 21.2 Å². The smallest absolute Gasteiger partial charge is 0.123 e. The first-order valence-corrected chi connectivity index (χ1v) is 4.27. The zero-order valence-electron chi connectivity index (χ0n) is 7.88. The van der Waals surface area contributed by atoms with Gasteiger partial charge in [-0.25, -0.2) is 4.39 Å². The number of fused-ring (bicyclic) bond motifs is 1. The fourth-order valence-corrected chi connectivity index (χ4v) is 1.40. The van der Waals surface area contributed by atoms with Gasteiger partial charge in [0.2, 0.25) is 0 Å². The van der Waals surface area contributed by atoms with E-state index in [1.165, 1.54) is 12.1 Å². The molecule has 0 nitrogen and oxygen atoms in total. The third-order valence-corrected chi connectivity index (χ3v) is 2.04. The van der Waals surface area contributed by atoms with Crippen molar-refractivity contribution in [1.29, 1.82) is 0 Å². The molecule has 77 valence electrons. The molecule has 2 aromatic rings. The predicted molar refractivity (Wildman–Crippen MR) is 56.1 cm³/mol. The monoisotopic (exact) mass is 242 g/mol. The minimum absolute atomic E-state index is 0. The van der Waals surface area contributed by atoms with Gasteiger partial charge in [-0.15, -0.1) is 0 Å². The molecule has 2 rings (SSSR count). The van der Waals surface area contributed by atoms with Crippen LogP contribution in [0.2, 0.25) is 0 Å². The Bertz CT molecular complexity index is 535. The van der Waals surface area contributed by atoms with Gasteiger partial charge in [-0.05, 0) is 22.9 Å². The van der Waals surface area contributed by atoms with E-state index in [1.807, 2.05) is 18.2 Å². The topological polar surface area (TPSA) is 0 Å². The molecule has 0 heterocycles. The Morgan fingerprint density at radius 1 is 1.00 bits per heavy atom. The summed E-state index contributed by atoms with van der Waals surface area (Å²) in [4.78, 5) is 0. The number of benzene rings is 2. The van der Waals surface area contributed by atoms with E-state index in [2.05, 4.69) is 18.8 Å². The molecule has 15 heavy (non-hydrogen) atoms. The van der Waals surface area contributed by atoms with Gasteiger partial charge in [-0.3, -0.25) is 11.8 Å². The fraction of sp³-hybridized carbons (Fsp3) is 0. The summed E-state index contributed by atoms with van der Waals surface area (Å²) in [5.74, 6) is 5.18. The molecule has 0 atom stereocenters. The maximum absolute atomic E-state index is 12.9. The molecule has 0 unspecified atom stereocenters. The minimum atomic E-state index is -0.225. The normalized spacial score (nSPS) is 8.87. The van der Waals surface area contributed by atoms with Gasteiger partial charge in [0.15, 0.2) is 0 Å². The van der Waals surface area contributed by atoms with E-state index in [9.17, 15) is 4.39 Å². The van der Waals surface area contributed by atoms with Crippen molar-refractivity contribution in [3.63, 3.8) is 0 Å². The molecule has 0 aromatic heterocycles. The molecule has 1 radical (unpaired) electrons. The average Bonchev–Trinajstić information content (AvgIpc) is 2.17. The van der Waals surface area contributed by atoms with Crippen LogP contribution in [0, 0.1) is 24.6 Å². The molecule has 0 aliphatic rings. The molecule has 0 saturated heterocycles. The summed E-state index contributed by atoms with van der Waals surface area (Å²) < 4.78 is 12.9. The first-order chi connectivity index (χ1) is 6.79. The number of halogens is 1. The van der Waals surface area contributed by atoms with Crippen molar-refractivity contribution >= 4 is 10.8 Å². The molecule has 0 bridgehead atoms. The van der Waals surface area contributed by atoms with Crippen molar-refractivity contribution in [2.45, 2.75) is 0 Å². The number of hydrogen-bond acceptors (Lipinski definition) is 0. The Kier molecular flexibility index (Phi) is 3.78. The molecular weight excluding hydrogens is 234 g/mol. The first-order valence-electron chi connectivity index (χ1n) is 4.27. The molecular formula is C13H8CoF-. The summed E-state index contributed by atoms with van der Waals surface area (Å²) in [6.07, 6.45) is 0. The van der Waals surface area contributed by atoms with Gasteiger partial charge in [0, 0.05) is 16.8 Å². The van der Waals surface area contributed by atoms with Crippen molar-refractivity contribution in [3.05, 3.63) is 54.7 Å². The van der Waals surface area contributed by atoms with Crippen LogP contribution in [-0.2, 0) is 16.8 Å². The largest absolute Gasteiger partial charge is 0.296 e. The Morgan fingerprint density at radius 2 is 1.73 bits per heavy atom. The molecule has 0 spiro atoms. The second-order valence-corrected chi connectivity index (χ2v) is 3.01. The van der Waals surface area contributed by atoms with Crippen molar-refractivity contribution in [2.24, 2.45) is 0 Å². The first kappa shape index (κ1) is 11.6. The summed E-state index contributed by atoms with van der Waals surface area (Å²) in [6, 6.07) is 10.4.